The molecule has 1 aliphatic heterocycles. The van der Waals surface area contributed by atoms with E-state index in [0.717, 1.165) is 17.2 Å². The number of fused-ring (bicyclic) bond motifs is 1. The summed E-state index contributed by atoms with van der Waals surface area (Å²) >= 11 is 0. The molecule has 0 fully saturated rings. The first-order valence-corrected chi connectivity index (χ1v) is 8.85. The second-order valence-electron chi connectivity index (χ2n) is 6.68. The summed E-state index contributed by atoms with van der Waals surface area (Å²) < 4.78 is 4.84. The number of nitro benzene ring substituents is 1. The van der Waals surface area contributed by atoms with Crippen LogP contribution in [0.2, 0.25) is 0 Å². The van der Waals surface area contributed by atoms with Gasteiger partial charge in [-0.3, -0.25) is 34.2 Å². The zero-order valence-corrected chi connectivity index (χ0v) is 16.1. The monoisotopic (exact) mass is 411 g/mol. The Balaban J connectivity index is 1.61. The molecule has 0 saturated carbocycles. The van der Waals surface area contributed by atoms with Gasteiger partial charge >= 0.3 is 5.97 Å². The number of rotatable bonds is 6. The van der Waals surface area contributed by atoms with E-state index in [0.29, 0.717) is 10.6 Å². The van der Waals surface area contributed by atoms with E-state index < -0.39 is 47.5 Å². The lowest BCUT2D eigenvalue weighted by Gasteiger charge is -2.13. The Kier molecular flexibility index (Phi) is 5.58. The number of imide groups is 1. The molecule has 0 spiro atoms. The van der Waals surface area contributed by atoms with Gasteiger partial charge in [0, 0.05) is 11.8 Å². The van der Waals surface area contributed by atoms with Crippen LogP contribution in [0.3, 0.4) is 0 Å². The van der Waals surface area contributed by atoms with E-state index >= 15 is 0 Å². The van der Waals surface area contributed by atoms with E-state index in [1.54, 1.807) is 6.07 Å². The summed E-state index contributed by atoms with van der Waals surface area (Å²) in [7, 11) is 0. The van der Waals surface area contributed by atoms with E-state index in [1.807, 2.05) is 26.0 Å². The molecule has 1 heterocycles. The van der Waals surface area contributed by atoms with Crippen LogP contribution < -0.4 is 5.32 Å². The second kappa shape index (κ2) is 8.11. The van der Waals surface area contributed by atoms with Crippen LogP contribution in [0.25, 0.3) is 0 Å². The third-order valence-electron chi connectivity index (χ3n) is 4.48. The van der Waals surface area contributed by atoms with Crippen LogP contribution in [0.5, 0.6) is 0 Å². The molecule has 2 aromatic rings. The molecule has 3 rings (SSSR count). The highest BCUT2D eigenvalue weighted by Crippen LogP contribution is 2.30. The van der Waals surface area contributed by atoms with Crippen LogP contribution in [0.15, 0.2) is 36.4 Å². The van der Waals surface area contributed by atoms with E-state index in [4.69, 9.17) is 4.74 Å². The number of carbonyl (C=O) groups excluding carboxylic acids is 4. The molecule has 0 bridgehead atoms. The lowest BCUT2D eigenvalue weighted by atomic mass is 10.1. The fourth-order valence-electron chi connectivity index (χ4n) is 3.07. The molecule has 30 heavy (non-hydrogen) atoms. The largest absolute Gasteiger partial charge is 0.454 e. The maximum Gasteiger partial charge on any atom is 0.326 e. The Labute approximate surface area is 170 Å². The molecule has 0 aromatic heterocycles. The van der Waals surface area contributed by atoms with E-state index in [-0.39, 0.29) is 11.1 Å². The number of nitrogens with one attached hydrogen (secondary N) is 1. The molecule has 2 aromatic carbocycles. The van der Waals surface area contributed by atoms with Crippen molar-refractivity contribution in [2.45, 2.75) is 13.8 Å². The number of esters is 1. The number of benzene rings is 2. The summed E-state index contributed by atoms with van der Waals surface area (Å²) in [5, 5.41) is 13.7. The average Bonchev–Trinajstić information content (AvgIpc) is 2.93. The Morgan fingerprint density at radius 2 is 1.87 bits per heavy atom. The summed E-state index contributed by atoms with van der Waals surface area (Å²) in [6, 6.07) is 9.06. The number of aryl methyl sites for hydroxylation is 2. The molecule has 0 saturated heterocycles. The van der Waals surface area contributed by atoms with E-state index in [1.165, 1.54) is 12.1 Å². The highest BCUT2D eigenvalue weighted by atomic mass is 16.6. The second-order valence-corrected chi connectivity index (χ2v) is 6.68. The Morgan fingerprint density at radius 3 is 2.53 bits per heavy atom. The number of nitrogens with zero attached hydrogens (tertiary/aromatic N) is 2. The highest BCUT2D eigenvalue weighted by molar-refractivity contribution is 6.24. The summed E-state index contributed by atoms with van der Waals surface area (Å²) in [6.07, 6.45) is 0. The highest BCUT2D eigenvalue weighted by Gasteiger charge is 2.41. The summed E-state index contributed by atoms with van der Waals surface area (Å²) in [5.41, 5.74) is 1.38. The predicted octanol–water partition coefficient (Wildman–Crippen LogP) is 1.99. The van der Waals surface area contributed by atoms with Crippen molar-refractivity contribution in [2.24, 2.45) is 0 Å². The van der Waals surface area contributed by atoms with Crippen LogP contribution in [0.1, 0.15) is 31.8 Å². The van der Waals surface area contributed by atoms with Gasteiger partial charge in [-0.05, 0) is 31.5 Å². The number of hydrogen-bond acceptors (Lipinski definition) is 7. The number of nitro groups is 1. The van der Waals surface area contributed by atoms with Gasteiger partial charge in [0.25, 0.3) is 23.4 Å². The minimum atomic E-state index is -0.997. The lowest BCUT2D eigenvalue weighted by molar-refractivity contribution is -0.385. The third kappa shape index (κ3) is 4.02. The minimum absolute atomic E-state index is 0.158. The van der Waals surface area contributed by atoms with Crippen LogP contribution in [0.4, 0.5) is 11.4 Å². The summed E-state index contributed by atoms with van der Waals surface area (Å²) in [4.78, 5) is 59.7. The van der Waals surface area contributed by atoms with Crippen LogP contribution in [0, 0.1) is 24.0 Å². The number of amides is 3. The third-order valence-corrected chi connectivity index (χ3v) is 4.48. The van der Waals surface area contributed by atoms with Crippen molar-refractivity contribution >= 4 is 35.1 Å². The van der Waals surface area contributed by atoms with Gasteiger partial charge in [0.05, 0.1) is 10.5 Å². The fourth-order valence-corrected chi connectivity index (χ4v) is 3.07. The van der Waals surface area contributed by atoms with E-state index in [9.17, 15) is 29.3 Å². The summed E-state index contributed by atoms with van der Waals surface area (Å²) in [6.45, 7) is 2.35. The molecular weight excluding hydrogens is 394 g/mol. The molecule has 1 N–H and O–H groups in total. The zero-order valence-electron chi connectivity index (χ0n) is 16.1. The van der Waals surface area contributed by atoms with Crippen molar-refractivity contribution in [3.63, 3.8) is 0 Å². The molecule has 10 nitrogen and oxygen atoms in total. The SMILES string of the molecule is Cc1ccc(NC(=O)COC(=O)CN2C(=O)c3cccc([N+](=O)[O-])c3C2=O)c(C)c1. The van der Waals surface area contributed by atoms with E-state index in [2.05, 4.69) is 5.32 Å². The molecule has 3 amide bonds. The van der Waals surface area contributed by atoms with Gasteiger partial charge in [0.15, 0.2) is 6.61 Å². The first-order valence-electron chi connectivity index (χ1n) is 8.85. The molecule has 0 radical (unpaired) electrons. The number of hydrogen-bond donors (Lipinski definition) is 1. The Morgan fingerprint density at radius 1 is 1.13 bits per heavy atom. The molecule has 0 aliphatic carbocycles. The van der Waals surface area contributed by atoms with Crippen molar-refractivity contribution in [1.29, 1.82) is 0 Å². The van der Waals surface area contributed by atoms with Gasteiger partial charge in [-0.25, -0.2) is 0 Å². The normalized spacial score (nSPS) is 12.5. The Hall–Kier alpha value is -4.08. The molecule has 154 valence electrons. The van der Waals surface area contributed by atoms with Crippen LogP contribution >= 0.6 is 0 Å². The average molecular weight is 411 g/mol. The van der Waals surface area contributed by atoms with Crippen molar-refractivity contribution in [3.8, 4) is 0 Å². The molecular formula is C20H17N3O7. The first kappa shape index (κ1) is 20.6. The maximum absolute atomic E-state index is 12.4. The quantitative estimate of drug-likeness (QED) is 0.332. The topological polar surface area (TPSA) is 136 Å². The lowest BCUT2D eigenvalue weighted by Crippen LogP contribution is -2.36. The zero-order chi connectivity index (χ0) is 22.0. The molecule has 1 aliphatic rings. The Bertz CT molecular complexity index is 1090. The van der Waals surface area contributed by atoms with Crippen molar-refractivity contribution in [3.05, 3.63) is 68.8 Å². The van der Waals surface area contributed by atoms with Gasteiger partial charge in [-0.1, -0.05) is 23.8 Å². The standard InChI is InChI=1S/C20H17N3O7/c1-11-6-7-14(12(2)8-11)21-16(24)10-30-17(25)9-22-19(26)13-4-3-5-15(23(28)29)18(13)20(22)27/h3-8H,9-10H2,1-2H3,(H,21,24). The van der Waals surface area contributed by atoms with Crippen LogP contribution in [-0.2, 0) is 14.3 Å². The molecule has 10 heteroatoms. The van der Waals surface area contributed by atoms with Gasteiger partial charge in [-0.2, -0.15) is 0 Å². The van der Waals surface area contributed by atoms with Gasteiger partial charge in [-0.15, -0.1) is 0 Å². The molecule has 0 unspecified atom stereocenters. The van der Waals surface area contributed by atoms with Crippen molar-refractivity contribution < 1.29 is 28.8 Å². The van der Waals surface area contributed by atoms with Gasteiger partial charge < -0.3 is 10.1 Å². The smallest absolute Gasteiger partial charge is 0.326 e. The maximum atomic E-state index is 12.4. The van der Waals surface area contributed by atoms with Gasteiger partial charge in [0.1, 0.15) is 12.1 Å². The van der Waals surface area contributed by atoms with Crippen LogP contribution in [-0.4, -0.2) is 46.7 Å². The first-order chi connectivity index (χ1) is 14.2. The van der Waals surface area contributed by atoms with Crippen molar-refractivity contribution in [2.75, 3.05) is 18.5 Å². The number of ether oxygens (including phenoxy) is 1. The summed E-state index contributed by atoms with van der Waals surface area (Å²) in [5.74, 6) is -3.38. The predicted molar refractivity (Wildman–Crippen MR) is 104 cm³/mol. The minimum Gasteiger partial charge on any atom is -0.454 e. The fraction of sp³-hybridized carbons (Fsp3) is 0.200. The molecule has 0 atom stereocenters. The van der Waals surface area contributed by atoms with Crippen molar-refractivity contribution in [1.82, 2.24) is 4.90 Å². The van der Waals surface area contributed by atoms with Gasteiger partial charge in [0.2, 0.25) is 0 Å². The number of carbonyl (C=O) groups is 4. The number of anilines is 1.